The standard InChI is InChI=1S/C9H19N5/c1-5-13(3)6-8-7(2)12-14(4)9(8)11-10/h11H,5-6,10H2,1-4H3. The Balaban J connectivity index is 2.94. The van der Waals surface area contributed by atoms with Crippen LogP contribution in [0.4, 0.5) is 5.82 Å². The van der Waals surface area contributed by atoms with Crippen molar-refractivity contribution in [2.45, 2.75) is 20.4 Å². The second kappa shape index (κ2) is 4.43. The number of hydrazine groups is 1. The van der Waals surface area contributed by atoms with Gasteiger partial charge in [0.1, 0.15) is 5.82 Å². The van der Waals surface area contributed by atoms with E-state index in [0.717, 1.165) is 24.6 Å². The minimum absolute atomic E-state index is 0.871. The van der Waals surface area contributed by atoms with Crippen LogP contribution in [-0.2, 0) is 13.6 Å². The molecule has 0 aliphatic rings. The Morgan fingerprint density at radius 1 is 1.57 bits per heavy atom. The molecular formula is C9H19N5. The smallest absolute Gasteiger partial charge is 0.142 e. The summed E-state index contributed by atoms with van der Waals surface area (Å²) in [6.07, 6.45) is 0. The van der Waals surface area contributed by atoms with Gasteiger partial charge < -0.3 is 10.3 Å². The first-order valence-electron chi connectivity index (χ1n) is 4.77. The van der Waals surface area contributed by atoms with Gasteiger partial charge in [-0.15, -0.1) is 0 Å². The van der Waals surface area contributed by atoms with Gasteiger partial charge in [0.05, 0.1) is 5.69 Å². The fourth-order valence-electron chi connectivity index (χ4n) is 1.45. The van der Waals surface area contributed by atoms with Crippen LogP contribution in [0.2, 0.25) is 0 Å². The predicted octanol–water partition coefficient (Wildman–Crippen LogP) is 0.466. The third kappa shape index (κ3) is 2.05. The molecule has 0 aliphatic heterocycles. The molecular weight excluding hydrogens is 178 g/mol. The van der Waals surface area contributed by atoms with Crippen LogP contribution in [0.5, 0.6) is 0 Å². The molecule has 5 heteroatoms. The molecule has 14 heavy (non-hydrogen) atoms. The van der Waals surface area contributed by atoms with Crippen LogP contribution in [0.3, 0.4) is 0 Å². The van der Waals surface area contributed by atoms with Gasteiger partial charge in [-0.05, 0) is 20.5 Å². The molecule has 0 unspecified atom stereocenters. The number of aryl methyl sites for hydroxylation is 2. The maximum absolute atomic E-state index is 5.45. The Bertz CT molecular complexity index is 304. The van der Waals surface area contributed by atoms with Crippen molar-refractivity contribution in [3.8, 4) is 0 Å². The molecule has 0 radical (unpaired) electrons. The summed E-state index contributed by atoms with van der Waals surface area (Å²) in [5.74, 6) is 6.34. The summed E-state index contributed by atoms with van der Waals surface area (Å²) in [6.45, 7) is 6.01. The summed E-state index contributed by atoms with van der Waals surface area (Å²) >= 11 is 0. The molecule has 1 aromatic heterocycles. The highest BCUT2D eigenvalue weighted by Crippen LogP contribution is 2.18. The van der Waals surface area contributed by atoms with Gasteiger partial charge in [0.25, 0.3) is 0 Å². The topological polar surface area (TPSA) is 59.1 Å². The number of nitrogens with one attached hydrogen (secondary N) is 1. The number of nitrogens with two attached hydrogens (primary N) is 1. The highest BCUT2D eigenvalue weighted by molar-refractivity contribution is 5.46. The van der Waals surface area contributed by atoms with Crippen LogP contribution >= 0.6 is 0 Å². The van der Waals surface area contributed by atoms with Crippen molar-refractivity contribution in [1.29, 1.82) is 0 Å². The molecule has 0 aromatic carbocycles. The lowest BCUT2D eigenvalue weighted by atomic mass is 10.2. The lowest BCUT2D eigenvalue weighted by Crippen LogP contribution is -2.19. The molecule has 0 aliphatic carbocycles. The maximum atomic E-state index is 5.45. The van der Waals surface area contributed by atoms with E-state index in [1.807, 2.05) is 14.0 Å². The van der Waals surface area contributed by atoms with Crippen LogP contribution in [0.1, 0.15) is 18.2 Å². The fourth-order valence-corrected chi connectivity index (χ4v) is 1.45. The Morgan fingerprint density at radius 3 is 2.71 bits per heavy atom. The number of nitrogen functional groups attached to an aromatic ring is 1. The molecule has 0 spiro atoms. The first-order valence-corrected chi connectivity index (χ1v) is 4.77. The van der Waals surface area contributed by atoms with Crippen molar-refractivity contribution >= 4 is 5.82 Å². The van der Waals surface area contributed by atoms with E-state index in [1.54, 1.807) is 4.68 Å². The van der Waals surface area contributed by atoms with E-state index in [2.05, 4.69) is 29.4 Å². The maximum Gasteiger partial charge on any atom is 0.142 e. The van der Waals surface area contributed by atoms with Crippen LogP contribution < -0.4 is 11.3 Å². The van der Waals surface area contributed by atoms with E-state index in [4.69, 9.17) is 5.84 Å². The SMILES string of the molecule is CCN(C)Cc1c(C)nn(C)c1NN. The third-order valence-corrected chi connectivity index (χ3v) is 2.45. The van der Waals surface area contributed by atoms with E-state index in [1.165, 1.54) is 5.56 Å². The summed E-state index contributed by atoms with van der Waals surface area (Å²) in [5, 5.41) is 4.32. The summed E-state index contributed by atoms with van der Waals surface area (Å²) in [7, 11) is 3.96. The minimum Gasteiger partial charge on any atom is -0.308 e. The van der Waals surface area contributed by atoms with Crippen molar-refractivity contribution in [1.82, 2.24) is 14.7 Å². The molecule has 1 aromatic rings. The molecule has 0 saturated carbocycles. The van der Waals surface area contributed by atoms with Crippen LogP contribution in [0, 0.1) is 6.92 Å². The fraction of sp³-hybridized carbons (Fsp3) is 0.667. The quantitative estimate of drug-likeness (QED) is 0.544. The van der Waals surface area contributed by atoms with Gasteiger partial charge in [-0.2, -0.15) is 5.10 Å². The van der Waals surface area contributed by atoms with Crippen LogP contribution in [0.25, 0.3) is 0 Å². The van der Waals surface area contributed by atoms with E-state index in [0.29, 0.717) is 0 Å². The zero-order valence-corrected chi connectivity index (χ0v) is 9.33. The van der Waals surface area contributed by atoms with E-state index in [-0.39, 0.29) is 0 Å². The van der Waals surface area contributed by atoms with Gasteiger partial charge in [-0.1, -0.05) is 6.92 Å². The zero-order chi connectivity index (χ0) is 10.7. The Morgan fingerprint density at radius 2 is 2.21 bits per heavy atom. The summed E-state index contributed by atoms with van der Waals surface area (Å²) in [6, 6.07) is 0. The molecule has 0 saturated heterocycles. The average molecular weight is 197 g/mol. The van der Waals surface area contributed by atoms with Gasteiger partial charge in [0, 0.05) is 19.2 Å². The molecule has 0 bridgehead atoms. The normalized spacial score (nSPS) is 11.0. The molecule has 0 amide bonds. The van der Waals surface area contributed by atoms with Gasteiger partial charge in [-0.25, -0.2) is 5.84 Å². The van der Waals surface area contributed by atoms with Crippen molar-refractivity contribution in [3.63, 3.8) is 0 Å². The number of anilines is 1. The molecule has 80 valence electrons. The highest BCUT2D eigenvalue weighted by atomic mass is 15.4. The lowest BCUT2D eigenvalue weighted by Gasteiger charge is -2.14. The molecule has 1 heterocycles. The summed E-state index contributed by atoms with van der Waals surface area (Å²) in [4.78, 5) is 2.21. The predicted molar refractivity (Wildman–Crippen MR) is 57.8 cm³/mol. The van der Waals surface area contributed by atoms with Gasteiger partial charge in [0.2, 0.25) is 0 Å². The minimum atomic E-state index is 0.871. The molecule has 0 fully saturated rings. The monoisotopic (exact) mass is 197 g/mol. The molecule has 3 N–H and O–H groups in total. The Labute approximate surface area is 84.8 Å². The first-order chi connectivity index (χ1) is 6.60. The Kier molecular flexibility index (Phi) is 3.49. The van der Waals surface area contributed by atoms with Crippen LogP contribution in [-0.4, -0.2) is 28.3 Å². The van der Waals surface area contributed by atoms with Gasteiger partial charge in [0.15, 0.2) is 0 Å². The number of rotatable bonds is 4. The van der Waals surface area contributed by atoms with Crippen molar-refractivity contribution in [2.24, 2.45) is 12.9 Å². The second-order valence-electron chi connectivity index (χ2n) is 3.51. The largest absolute Gasteiger partial charge is 0.308 e. The van der Waals surface area contributed by atoms with Crippen molar-refractivity contribution in [2.75, 3.05) is 19.0 Å². The third-order valence-electron chi connectivity index (χ3n) is 2.45. The number of nitrogens with zero attached hydrogens (tertiary/aromatic N) is 3. The van der Waals surface area contributed by atoms with Crippen LogP contribution in [0.15, 0.2) is 0 Å². The summed E-state index contributed by atoms with van der Waals surface area (Å²) < 4.78 is 1.77. The number of aromatic nitrogens is 2. The van der Waals surface area contributed by atoms with Crippen molar-refractivity contribution < 1.29 is 0 Å². The lowest BCUT2D eigenvalue weighted by molar-refractivity contribution is 0.345. The number of hydrogen-bond acceptors (Lipinski definition) is 4. The Hall–Kier alpha value is -1.07. The number of hydrogen-bond donors (Lipinski definition) is 2. The van der Waals surface area contributed by atoms with E-state index < -0.39 is 0 Å². The molecule has 0 atom stereocenters. The average Bonchev–Trinajstić information content (AvgIpc) is 2.41. The zero-order valence-electron chi connectivity index (χ0n) is 9.33. The van der Waals surface area contributed by atoms with E-state index >= 15 is 0 Å². The van der Waals surface area contributed by atoms with Gasteiger partial charge >= 0.3 is 0 Å². The highest BCUT2D eigenvalue weighted by Gasteiger charge is 2.12. The van der Waals surface area contributed by atoms with Crippen molar-refractivity contribution in [3.05, 3.63) is 11.3 Å². The van der Waals surface area contributed by atoms with Gasteiger partial charge in [-0.3, -0.25) is 4.68 Å². The van der Waals surface area contributed by atoms with E-state index in [9.17, 15) is 0 Å². The summed E-state index contributed by atoms with van der Waals surface area (Å²) in [5.41, 5.74) is 4.88. The molecule has 5 nitrogen and oxygen atoms in total. The second-order valence-corrected chi connectivity index (χ2v) is 3.51. The molecule has 1 rings (SSSR count). The first kappa shape index (κ1) is 11.0.